The van der Waals surface area contributed by atoms with E-state index in [0.717, 1.165) is 12.1 Å². The number of halogens is 5. The Bertz CT molecular complexity index is 1180. The van der Waals surface area contributed by atoms with Crippen LogP contribution in [0.1, 0.15) is 17.1 Å². The fourth-order valence-corrected chi connectivity index (χ4v) is 2.77. The molecule has 3 aromatic rings. The van der Waals surface area contributed by atoms with Gasteiger partial charge < -0.3 is 15.1 Å². The first-order valence-corrected chi connectivity index (χ1v) is 9.72. The van der Waals surface area contributed by atoms with E-state index in [1.54, 1.807) is 0 Å². The lowest BCUT2D eigenvalue weighted by molar-refractivity contribution is -0.137. The highest BCUT2D eigenvalue weighted by Crippen LogP contribution is 2.31. The van der Waals surface area contributed by atoms with Gasteiger partial charge in [0.1, 0.15) is 11.5 Å². The Morgan fingerprint density at radius 3 is 2.50 bits per heavy atom. The van der Waals surface area contributed by atoms with Crippen LogP contribution in [0.2, 0.25) is 10.0 Å². The normalized spacial score (nSPS) is 11.5. The zero-order valence-corrected chi connectivity index (χ0v) is 17.6. The summed E-state index contributed by atoms with van der Waals surface area (Å²) in [6.07, 6.45) is -3.22. The highest BCUT2D eigenvalue weighted by Gasteiger charge is 2.30. The van der Waals surface area contributed by atoms with Crippen molar-refractivity contribution in [1.29, 1.82) is 0 Å². The lowest BCUT2D eigenvalue weighted by Crippen LogP contribution is -2.34. The zero-order chi connectivity index (χ0) is 23.3. The molecule has 6 nitrogen and oxygen atoms in total. The third-order valence-electron chi connectivity index (χ3n) is 4.00. The lowest BCUT2D eigenvalue weighted by Gasteiger charge is -2.06. The van der Waals surface area contributed by atoms with Crippen LogP contribution in [0.25, 0.3) is 0 Å². The monoisotopic (exact) mass is 483 g/mol. The molecule has 32 heavy (non-hydrogen) atoms. The van der Waals surface area contributed by atoms with Crippen LogP contribution in [0.5, 0.6) is 0 Å². The number of carbonyl (C=O) groups excluding carboxylic acids is 2. The number of nitrogens with zero attached hydrogens (tertiary/aromatic N) is 1. The van der Waals surface area contributed by atoms with Gasteiger partial charge in [0, 0.05) is 5.69 Å². The summed E-state index contributed by atoms with van der Waals surface area (Å²) < 4.78 is 43.7. The average molecular weight is 484 g/mol. The minimum Gasteiger partial charge on any atom is -0.458 e. The van der Waals surface area contributed by atoms with Crippen LogP contribution in [0, 0.1) is 0 Å². The molecule has 166 valence electrons. The molecule has 0 saturated carbocycles. The first kappa shape index (κ1) is 23.4. The van der Waals surface area contributed by atoms with E-state index in [9.17, 15) is 22.8 Å². The van der Waals surface area contributed by atoms with Gasteiger partial charge in [-0.15, -0.1) is 0 Å². The second-order valence-corrected chi connectivity index (χ2v) is 7.19. The molecule has 0 spiro atoms. The summed E-state index contributed by atoms with van der Waals surface area (Å²) in [6.45, 7) is -0.0922. The van der Waals surface area contributed by atoms with Crippen LogP contribution in [0.4, 0.5) is 24.5 Å². The molecule has 0 fully saturated rings. The van der Waals surface area contributed by atoms with Crippen LogP contribution in [-0.2, 0) is 22.3 Å². The number of furan rings is 1. The van der Waals surface area contributed by atoms with E-state index >= 15 is 0 Å². The van der Waals surface area contributed by atoms with E-state index in [2.05, 4.69) is 15.6 Å². The van der Waals surface area contributed by atoms with Crippen LogP contribution in [0.15, 0.2) is 64.0 Å². The van der Waals surface area contributed by atoms with Crippen molar-refractivity contribution in [2.75, 3.05) is 5.32 Å². The third-order valence-corrected chi connectivity index (χ3v) is 4.74. The number of hydrogen-bond donors (Lipinski definition) is 2. The van der Waals surface area contributed by atoms with E-state index < -0.39 is 23.6 Å². The van der Waals surface area contributed by atoms with Crippen LogP contribution in [-0.4, -0.2) is 18.0 Å². The smallest absolute Gasteiger partial charge is 0.416 e. The fourth-order valence-electron chi connectivity index (χ4n) is 2.47. The first-order chi connectivity index (χ1) is 15.1. The van der Waals surface area contributed by atoms with E-state index in [-0.39, 0.29) is 23.0 Å². The molecule has 0 bridgehead atoms. The van der Waals surface area contributed by atoms with Gasteiger partial charge in [-0.05, 0) is 48.5 Å². The molecule has 2 N–H and O–H groups in total. The van der Waals surface area contributed by atoms with Gasteiger partial charge in [0.15, 0.2) is 0 Å². The van der Waals surface area contributed by atoms with Crippen LogP contribution >= 0.6 is 23.2 Å². The van der Waals surface area contributed by atoms with Crippen molar-refractivity contribution in [2.45, 2.75) is 12.7 Å². The Kier molecular flexibility index (Phi) is 7.22. The maximum Gasteiger partial charge on any atom is 0.416 e. The predicted octanol–water partition coefficient (Wildman–Crippen LogP) is 5.61. The molecule has 0 atom stereocenters. The fraction of sp³-hybridized carbons (Fsp3) is 0.0952. The summed E-state index contributed by atoms with van der Waals surface area (Å²) in [5, 5.41) is 5.29. The van der Waals surface area contributed by atoms with Crippen molar-refractivity contribution in [3.8, 4) is 0 Å². The molecule has 0 radical (unpaired) electrons. The summed E-state index contributed by atoms with van der Waals surface area (Å²) in [6, 6.07) is 11.9. The van der Waals surface area contributed by atoms with Gasteiger partial charge in [-0.3, -0.25) is 14.6 Å². The van der Waals surface area contributed by atoms with Crippen LogP contribution in [0.3, 0.4) is 0 Å². The Balaban J connectivity index is 1.54. The van der Waals surface area contributed by atoms with Crippen molar-refractivity contribution in [3.05, 3.63) is 81.7 Å². The molecule has 3 rings (SSSR count). The Morgan fingerprint density at radius 2 is 1.78 bits per heavy atom. The van der Waals surface area contributed by atoms with Gasteiger partial charge in [-0.1, -0.05) is 29.3 Å². The molecule has 0 aliphatic carbocycles. The molecule has 1 heterocycles. The highest BCUT2D eigenvalue weighted by atomic mass is 35.5. The standard InChI is InChI=1S/C21H14Cl2F3N3O3/c22-17-7-4-14(9-18(17)23)29-20(31)19(30)28-11-16-6-5-15(32-16)10-27-13-3-1-2-12(8-13)21(24,25)26/h1-10H,11H2,(H,28,30)(H,29,31). The Hall–Kier alpha value is -3.30. The molecule has 0 aliphatic rings. The summed E-state index contributed by atoms with van der Waals surface area (Å²) in [7, 11) is 0. The Morgan fingerprint density at radius 1 is 1.00 bits per heavy atom. The molecule has 2 aromatic carbocycles. The van der Waals surface area contributed by atoms with Gasteiger partial charge in [0.05, 0.1) is 34.1 Å². The van der Waals surface area contributed by atoms with Crippen molar-refractivity contribution < 1.29 is 27.2 Å². The van der Waals surface area contributed by atoms with Crippen molar-refractivity contribution in [1.82, 2.24) is 5.32 Å². The quantitative estimate of drug-likeness (QED) is 0.365. The number of alkyl halides is 3. The molecular weight excluding hydrogens is 470 g/mol. The zero-order valence-electron chi connectivity index (χ0n) is 16.0. The van der Waals surface area contributed by atoms with E-state index in [4.69, 9.17) is 27.6 Å². The molecule has 0 aliphatic heterocycles. The predicted molar refractivity (Wildman–Crippen MR) is 114 cm³/mol. The largest absolute Gasteiger partial charge is 0.458 e. The summed E-state index contributed by atoms with van der Waals surface area (Å²) in [5.74, 6) is -1.26. The number of carbonyl (C=O) groups is 2. The molecular formula is C21H14Cl2F3N3O3. The lowest BCUT2D eigenvalue weighted by atomic mass is 10.2. The van der Waals surface area contributed by atoms with Crippen molar-refractivity contribution in [3.63, 3.8) is 0 Å². The second kappa shape index (κ2) is 9.88. The van der Waals surface area contributed by atoms with Gasteiger partial charge in [-0.2, -0.15) is 13.2 Å². The number of aliphatic imine (C=N–C) groups is 1. The highest BCUT2D eigenvalue weighted by molar-refractivity contribution is 6.42. The minimum atomic E-state index is -4.46. The molecule has 11 heteroatoms. The summed E-state index contributed by atoms with van der Waals surface area (Å²) in [4.78, 5) is 27.9. The van der Waals surface area contributed by atoms with Crippen molar-refractivity contribution in [2.24, 2.45) is 4.99 Å². The SMILES string of the molecule is O=C(NCc1ccc(C=Nc2cccc(C(F)(F)F)c2)o1)C(=O)Nc1ccc(Cl)c(Cl)c1. The topological polar surface area (TPSA) is 83.7 Å². The van der Waals surface area contributed by atoms with Gasteiger partial charge in [0.2, 0.25) is 0 Å². The van der Waals surface area contributed by atoms with E-state index in [1.165, 1.54) is 48.7 Å². The molecule has 1 aromatic heterocycles. The number of nitrogens with one attached hydrogen (secondary N) is 2. The van der Waals surface area contributed by atoms with Crippen LogP contribution < -0.4 is 10.6 Å². The third kappa shape index (κ3) is 6.35. The Labute approximate surface area is 190 Å². The summed E-state index contributed by atoms with van der Waals surface area (Å²) >= 11 is 11.6. The van der Waals surface area contributed by atoms with Gasteiger partial charge in [0.25, 0.3) is 0 Å². The maximum absolute atomic E-state index is 12.8. The summed E-state index contributed by atoms with van der Waals surface area (Å²) in [5.41, 5.74) is -0.412. The molecule has 0 unspecified atom stereocenters. The van der Waals surface area contributed by atoms with Crippen molar-refractivity contribution >= 4 is 52.6 Å². The van der Waals surface area contributed by atoms with Gasteiger partial charge in [-0.25, -0.2) is 0 Å². The molecule has 2 amide bonds. The van der Waals surface area contributed by atoms with E-state index in [0.29, 0.717) is 16.5 Å². The van der Waals surface area contributed by atoms with Gasteiger partial charge >= 0.3 is 18.0 Å². The minimum absolute atomic E-state index is 0.0922. The molecule has 0 saturated heterocycles. The number of hydrogen-bond acceptors (Lipinski definition) is 4. The number of amides is 2. The number of rotatable bonds is 5. The van der Waals surface area contributed by atoms with E-state index in [1.807, 2.05) is 0 Å². The average Bonchev–Trinajstić information content (AvgIpc) is 3.20. The maximum atomic E-state index is 12.8. The first-order valence-electron chi connectivity index (χ1n) is 8.96. The number of benzene rings is 2. The number of anilines is 1. The second-order valence-electron chi connectivity index (χ2n) is 6.38.